The Morgan fingerprint density at radius 1 is 0.953 bits per heavy atom. The molecule has 236 valence electrons. The summed E-state index contributed by atoms with van der Waals surface area (Å²) < 4.78 is 137. The molecule has 0 bridgehead atoms. The van der Waals surface area contributed by atoms with Crippen molar-refractivity contribution in [2.45, 2.75) is 65.8 Å². The number of fused-ring (bicyclic) bond motifs is 3. The molecule has 0 saturated carbocycles. The van der Waals surface area contributed by atoms with Crippen LogP contribution in [0.3, 0.4) is 0 Å². The van der Waals surface area contributed by atoms with Gasteiger partial charge in [-0.25, -0.2) is 17.2 Å². The molecule has 2 N–H and O–H groups in total. The lowest BCUT2D eigenvalue weighted by molar-refractivity contribution is -0.348. The fraction of sp³-hybridized carbons (Fsp3) is 0.536. The number of piperidine rings is 1. The molecule has 2 aliphatic heterocycles. The molecule has 2 aromatic carbocycles. The Morgan fingerprint density at radius 2 is 1.56 bits per heavy atom. The third-order valence-corrected chi connectivity index (χ3v) is 11.8. The van der Waals surface area contributed by atoms with Crippen molar-refractivity contribution in [3.63, 3.8) is 0 Å². The number of hydrogen-bond acceptors (Lipinski definition) is 5. The lowest BCUT2D eigenvalue weighted by Gasteiger charge is -2.45. The van der Waals surface area contributed by atoms with Crippen LogP contribution in [0.1, 0.15) is 42.4 Å². The lowest BCUT2D eigenvalue weighted by Crippen LogP contribution is -2.57. The average Bonchev–Trinajstić information content (AvgIpc) is 3.37. The Hall–Kier alpha value is -2.78. The van der Waals surface area contributed by atoms with Crippen LogP contribution in [0.2, 0.25) is 0 Å². The van der Waals surface area contributed by atoms with Crippen LogP contribution in [0.25, 0.3) is 0 Å². The molecule has 2 heterocycles. The summed E-state index contributed by atoms with van der Waals surface area (Å²) in [4.78, 5) is 14.9. The number of aryl methyl sites for hydroxylation is 1. The van der Waals surface area contributed by atoms with Gasteiger partial charge in [0.2, 0.25) is 5.91 Å². The topological polar surface area (TPSA) is 86.7 Å². The van der Waals surface area contributed by atoms with Crippen LogP contribution >= 0.6 is 0 Å². The number of carbonyl (C=O) groups is 1. The smallest absolute Gasteiger partial charge is 0.395 e. The molecule has 6 nitrogen and oxygen atoms in total. The van der Waals surface area contributed by atoms with Gasteiger partial charge < -0.3 is 15.3 Å². The van der Waals surface area contributed by atoms with Crippen molar-refractivity contribution in [1.29, 1.82) is 0 Å². The van der Waals surface area contributed by atoms with Gasteiger partial charge in [-0.15, -0.1) is 0 Å². The molecule has 0 aromatic heterocycles. The molecule has 2 saturated heterocycles. The van der Waals surface area contributed by atoms with Gasteiger partial charge in [-0.3, -0.25) is 4.79 Å². The molecule has 0 radical (unpaired) electrons. The number of rotatable bonds is 5. The number of likely N-dealkylation sites (tertiary alicyclic amines) is 1. The van der Waals surface area contributed by atoms with E-state index in [0.29, 0.717) is 19.2 Å². The zero-order valence-corrected chi connectivity index (χ0v) is 23.4. The van der Waals surface area contributed by atoms with E-state index in [2.05, 4.69) is 5.32 Å². The summed E-state index contributed by atoms with van der Waals surface area (Å²) in [6, 6.07) is 4.11. The molecule has 2 fully saturated rings. The van der Waals surface area contributed by atoms with E-state index in [4.69, 9.17) is 0 Å². The SMILES string of the molecule is O=C(N1CC[C@]2(S(=O)(=O)c3ccc(F)cc3)c3ccc(C(F)(C(F)(F)F)C(F)(F)F)cc3CC[C@H]12)C1(CO)CCNCC1. The quantitative estimate of drug-likeness (QED) is 0.366. The number of alkyl halides is 7. The summed E-state index contributed by atoms with van der Waals surface area (Å²) in [6.45, 7) is 0.179. The van der Waals surface area contributed by atoms with Crippen LogP contribution in [0.4, 0.5) is 35.1 Å². The Morgan fingerprint density at radius 3 is 2.12 bits per heavy atom. The molecule has 5 rings (SSSR count). The third-order valence-electron chi connectivity index (χ3n) is 9.25. The van der Waals surface area contributed by atoms with Gasteiger partial charge in [-0.1, -0.05) is 18.2 Å². The van der Waals surface area contributed by atoms with Gasteiger partial charge in [0.05, 0.1) is 23.0 Å². The van der Waals surface area contributed by atoms with Crippen molar-refractivity contribution in [1.82, 2.24) is 10.2 Å². The minimum Gasteiger partial charge on any atom is -0.395 e. The highest BCUT2D eigenvalue weighted by molar-refractivity contribution is 7.92. The maximum Gasteiger partial charge on any atom is 0.435 e. The number of aliphatic hydroxyl groups excluding tert-OH is 1. The number of halogens is 8. The van der Waals surface area contributed by atoms with Gasteiger partial charge in [-0.2, -0.15) is 26.3 Å². The number of amides is 1. The Bertz CT molecular complexity index is 1490. The molecule has 15 heteroatoms. The standard InChI is InChI=1S/C28H28F8N2O4S/c29-19-3-5-20(6-4-19)43(41,42)25-11-14-38(23(40)24(16-39)9-12-37-13-10-24)22(25)8-1-17-15-18(2-7-21(17)25)26(30,27(31,32)33)28(34,35)36/h2-7,15,22,37,39H,1,8-14,16H2/t22-,25-/m0/s1. The van der Waals surface area contributed by atoms with Crippen LogP contribution in [0.15, 0.2) is 47.4 Å². The summed E-state index contributed by atoms with van der Waals surface area (Å²) in [7, 11) is -4.59. The molecule has 0 spiro atoms. The third kappa shape index (κ3) is 4.55. The fourth-order valence-electron chi connectivity index (χ4n) is 6.95. The number of nitrogens with one attached hydrogen (secondary N) is 1. The average molecular weight is 641 g/mol. The summed E-state index contributed by atoms with van der Waals surface area (Å²) in [5.41, 5.74) is -9.04. The molecular formula is C28H28F8N2O4S. The summed E-state index contributed by atoms with van der Waals surface area (Å²) in [5.74, 6) is -1.26. The number of carbonyl (C=O) groups excluding carboxylic acids is 1. The minimum atomic E-state index is -6.36. The molecule has 1 aliphatic carbocycles. The van der Waals surface area contributed by atoms with E-state index >= 15 is 0 Å². The Balaban J connectivity index is 1.69. The molecule has 3 aliphatic rings. The first-order chi connectivity index (χ1) is 20.0. The number of sulfone groups is 1. The van der Waals surface area contributed by atoms with E-state index in [1.54, 1.807) is 0 Å². The van der Waals surface area contributed by atoms with Crippen molar-refractivity contribution in [3.05, 3.63) is 65.0 Å². The summed E-state index contributed by atoms with van der Waals surface area (Å²) >= 11 is 0. The van der Waals surface area contributed by atoms with Crippen molar-refractivity contribution in [3.8, 4) is 0 Å². The largest absolute Gasteiger partial charge is 0.435 e. The molecule has 43 heavy (non-hydrogen) atoms. The maximum atomic E-state index is 15.0. The highest BCUT2D eigenvalue weighted by Gasteiger charge is 2.74. The highest BCUT2D eigenvalue weighted by atomic mass is 32.2. The van der Waals surface area contributed by atoms with Crippen LogP contribution in [0.5, 0.6) is 0 Å². The second kappa shape index (κ2) is 10.4. The van der Waals surface area contributed by atoms with Gasteiger partial charge in [0.15, 0.2) is 9.84 Å². The Labute approximate surface area is 242 Å². The van der Waals surface area contributed by atoms with E-state index in [0.717, 1.165) is 30.3 Å². The van der Waals surface area contributed by atoms with Gasteiger partial charge in [0.25, 0.3) is 0 Å². The molecular weight excluding hydrogens is 612 g/mol. The van der Waals surface area contributed by atoms with Crippen LogP contribution in [0, 0.1) is 11.2 Å². The normalized spacial score (nSPS) is 24.4. The molecule has 1 amide bonds. The van der Waals surface area contributed by atoms with E-state index in [1.165, 1.54) is 4.90 Å². The van der Waals surface area contributed by atoms with Crippen molar-refractivity contribution >= 4 is 15.7 Å². The second-order valence-electron chi connectivity index (χ2n) is 11.4. The minimum absolute atomic E-state index is 0.140. The first-order valence-electron chi connectivity index (χ1n) is 13.6. The second-order valence-corrected chi connectivity index (χ2v) is 13.6. The maximum absolute atomic E-state index is 15.0. The molecule has 2 aromatic rings. The lowest BCUT2D eigenvalue weighted by atomic mass is 9.75. The first-order valence-corrected chi connectivity index (χ1v) is 15.0. The van der Waals surface area contributed by atoms with Crippen molar-refractivity contribution < 1.29 is 53.4 Å². The predicted octanol–water partition coefficient (Wildman–Crippen LogP) is 4.69. The number of hydrogen-bond donors (Lipinski definition) is 2. The van der Waals surface area contributed by atoms with E-state index in [9.17, 15) is 53.4 Å². The Kier molecular flexibility index (Phi) is 7.65. The van der Waals surface area contributed by atoms with Gasteiger partial charge >= 0.3 is 18.0 Å². The van der Waals surface area contributed by atoms with E-state index < -0.39 is 68.0 Å². The monoisotopic (exact) mass is 640 g/mol. The molecule has 0 unspecified atom stereocenters. The van der Waals surface area contributed by atoms with Crippen LogP contribution in [-0.2, 0) is 31.5 Å². The number of benzene rings is 2. The number of nitrogens with zero attached hydrogens (tertiary/aromatic N) is 1. The van der Waals surface area contributed by atoms with Crippen LogP contribution in [-0.4, -0.2) is 69.0 Å². The van der Waals surface area contributed by atoms with Gasteiger partial charge in [0, 0.05) is 12.1 Å². The number of aliphatic hydroxyl groups is 1. The first kappa shape index (κ1) is 31.6. The highest BCUT2D eigenvalue weighted by Crippen LogP contribution is 2.57. The summed E-state index contributed by atoms with van der Waals surface area (Å²) in [6.07, 6.45) is -12.9. The molecule has 2 atom stereocenters. The van der Waals surface area contributed by atoms with Crippen molar-refractivity contribution in [2.24, 2.45) is 5.41 Å². The zero-order valence-electron chi connectivity index (χ0n) is 22.5. The zero-order chi connectivity index (χ0) is 31.6. The predicted molar refractivity (Wildman–Crippen MR) is 137 cm³/mol. The van der Waals surface area contributed by atoms with E-state index in [1.807, 2.05) is 0 Å². The van der Waals surface area contributed by atoms with Crippen LogP contribution < -0.4 is 5.32 Å². The van der Waals surface area contributed by atoms with E-state index in [-0.39, 0.29) is 60.7 Å². The van der Waals surface area contributed by atoms with Gasteiger partial charge in [0.1, 0.15) is 10.6 Å². The van der Waals surface area contributed by atoms with Crippen molar-refractivity contribution in [2.75, 3.05) is 26.2 Å². The fourth-order valence-corrected chi connectivity index (χ4v) is 9.31. The summed E-state index contributed by atoms with van der Waals surface area (Å²) in [5, 5.41) is 13.3. The van der Waals surface area contributed by atoms with Gasteiger partial charge in [-0.05, 0) is 80.6 Å².